The summed E-state index contributed by atoms with van der Waals surface area (Å²) in [6.07, 6.45) is 5.79. The Hall–Kier alpha value is -1.65. The Morgan fingerprint density at radius 2 is 2.04 bits per heavy atom. The zero-order chi connectivity index (χ0) is 18.4. The van der Waals surface area contributed by atoms with Crippen LogP contribution in [-0.4, -0.2) is 10.1 Å². The Kier molecular flexibility index (Phi) is 6.79. The predicted octanol–water partition coefficient (Wildman–Crippen LogP) is 4.82. The van der Waals surface area contributed by atoms with Crippen LogP contribution in [0.15, 0.2) is 28.7 Å². The summed E-state index contributed by atoms with van der Waals surface area (Å²) in [4.78, 5) is 4.30. The molecule has 1 heterocycles. The molecule has 4 heteroatoms. The van der Waals surface area contributed by atoms with Crippen LogP contribution in [0.2, 0.25) is 0 Å². The van der Waals surface area contributed by atoms with Crippen LogP contribution in [0.3, 0.4) is 0 Å². The molecule has 25 heavy (non-hydrogen) atoms. The summed E-state index contributed by atoms with van der Waals surface area (Å²) < 4.78 is 5.53. The maximum atomic E-state index is 9.22. The van der Waals surface area contributed by atoms with E-state index in [1.807, 2.05) is 31.2 Å². The Morgan fingerprint density at radius 1 is 1.32 bits per heavy atom. The van der Waals surface area contributed by atoms with E-state index < -0.39 is 0 Å². The van der Waals surface area contributed by atoms with Crippen molar-refractivity contribution < 1.29 is 9.52 Å². The van der Waals surface area contributed by atoms with Crippen molar-refractivity contribution in [3.63, 3.8) is 0 Å². The molecule has 2 aromatic rings. The fraction of sp³-hybridized carbons (Fsp3) is 0.571. The molecule has 1 aromatic heterocycles. The van der Waals surface area contributed by atoms with E-state index in [4.69, 9.17) is 10.2 Å². The standard InChI is InChI=1S/C12H14N2O2.C9H18/c1-8-11(6-13)14-12(16-8)10-5-3-2-4-9(10)7-15;1-8-5-4-6-9(2,3)7-8/h2-5,15H,6-7,13H2,1H3;8H,4-7H2,1-3H3. The number of hydrogen-bond donors (Lipinski definition) is 2. The van der Waals surface area contributed by atoms with Gasteiger partial charge in [0.1, 0.15) is 5.76 Å². The fourth-order valence-electron chi connectivity index (χ4n) is 3.68. The SMILES string of the molecule is CC1CCCC(C)(C)C1.Cc1oc(-c2ccccc2CO)nc1CN. The van der Waals surface area contributed by atoms with Gasteiger partial charge in [0.15, 0.2) is 0 Å². The molecular weight excluding hydrogens is 312 g/mol. The first-order valence-corrected chi connectivity index (χ1v) is 9.22. The van der Waals surface area contributed by atoms with E-state index in [9.17, 15) is 5.11 Å². The first-order chi connectivity index (χ1) is 11.9. The minimum Gasteiger partial charge on any atom is -0.441 e. The summed E-state index contributed by atoms with van der Waals surface area (Å²) in [6, 6.07) is 7.47. The van der Waals surface area contributed by atoms with Crippen LogP contribution in [0.5, 0.6) is 0 Å². The first kappa shape index (κ1) is 19.7. The van der Waals surface area contributed by atoms with E-state index >= 15 is 0 Å². The Bertz CT molecular complexity index is 676. The van der Waals surface area contributed by atoms with Gasteiger partial charge in [-0.1, -0.05) is 51.8 Å². The Labute approximate surface area is 151 Å². The molecule has 4 nitrogen and oxygen atoms in total. The van der Waals surface area contributed by atoms with Gasteiger partial charge in [0, 0.05) is 12.1 Å². The second-order valence-corrected chi connectivity index (χ2v) is 7.91. The minimum absolute atomic E-state index is 0.0322. The third-order valence-electron chi connectivity index (χ3n) is 4.96. The maximum Gasteiger partial charge on any atom is 0.226 e. The molecule has 1 saturated carbocycles. The van der Waals surface area contributed by atoms with Gasteiger partial charge in [-0.05, 0) is 42.7 Å². The molecule has 0 bridgehead atoms. The van der Waals surface area contributed by atoms with Gasteiger partial charge in [0.2, 0.25) is 5.89 Å². The summed E-state index contributed by atoms with van der Waals surface area (Å²) in [6.45, 7) is 9.32. The second-order valence-electron chi connectivity index (χ2n) is 7.91. The van der Waals surface area contributed by atoms with Crippen molar-refractivity contribution in [3.8, 4) is 11.5 Å². The summed E-state index contributed by atoms with van der Waals surface area (Å²) in [5.41, 5.74) is 8.55. The lowest BCUT2D eigenvalue weighted by molar-refractivity contribution is 0.191. The van der Waals surface area contributed by atoms with Crippen LogP contribution in [0.4, 0.5) is 0 Å². The second kappa shape index (κ2) is 8.63. The molecule has 1 aliphatic rings. The fourth-order valence-corrected chi connectivity index (χ4v) is 3.68. The normalized spacial score (nSPS) is 19.2. The van der Waals surface area contributed by atoms with Crippen LogP contribution in [0.1, 0.15) is 63.5 Å². The number of aliphatic hydroxyl groups excluding tert-OH is 1. The number of aromatic nitrogens is 1. The number of rotatable bonds is 3. The highest BCUT2D eigenvalue weighted by Gasteiger charge is 2.24. The topological polar surface area (TPSA) is 72.3 Å². The van der Waals surface area contributed by atoms with Crippen LogP contribution in [-0.2, 0) is 13.2 Å². The number of aliphatic hydroxyl groups is 1. The van der Waals surface area contributed by atoms with Crippen molar-refractivity contribution in [2.45, 2.75) is 66.5 Å². The van der Waals surface area contributed by atoms with Crippen LogP contribution >= 0.6 is 0 Å². The highest BCUT2D eigenvalue weighted by Crippen LogP contribution is 2.37. The molecule has 1 unspecified atom stereocenters. The maximum absolute atomic E-state index is 9.22. The zero-order valence-electron chi connectivity index (χ0n) is 16.0. The molecule has 138 valence electrons. The largest absolute Gasteiger partial charge is 0.441 e. The number of oxazole rings is 1. The van der Waals surface area contributed by atoms with Crippen molar-refractivity contribution in [2.24, 2.45) is 17.1 Å². The van der Waals surface area contributed by atoms with E-state index in [1.165, 1.54) is 25.7 Å². The van der Waals surface area contributed by atoms with Crippen LogP contribution in [0.25, 0.3) is 11.5 Å². The van der Waals surface area contributed by atoms with Gasteiger partial charge in [0.25, 0.3) is 0 Å². The molecule has 1 aromatic carbocycles. The molecule has 0 saturated heterocycles. The van der Waals surface area contributed by atoms with E-state index in [1.54, 1.807) is 0 Å². The third kappa shape index (κ3) is 5.41. The zero-order valence-corrected chi connectivity index (χ0v) is 16.0. The van der Waals surface area contributed by atoms with Crippen molar-refractivity contribution in [1.82, 2.24) is 4.98 Å². The van der Waals surface area contributed by atoms with Crippen molar-refractivity contribution >= 4 is 0 Å². The van der Waals surface area contributed by atoms with Gasteiger partial charge >= 0.3 is 0 Å². The minimum atomic E-state index is -0.0322. The van der Waals surface area contributed by atoms with Crippen molar-refractivity contribution in [1.29, 1.82) is 0 Å². The average molecular weight is 344 g/mol. The average Bonchev–Trinajstić information content (AvgIpc) is 2.95. The van der Waals surface area contributed by atoms with Crippen LogP contribution < -0.4 is 5.73 Å². The number of nitrogens with zero attached hydrogens (tertiary/aromatic N) is 1. The molecule has 1 aliphatic carbocycles. The summed E-state index contributed by atoms with van der Waals surface area (Å²) in [5.74, 6) is 2.22. The molecule has 1 atom stereocenters. The number of hydrogen-bond acceptors (Lipinski definition) is 4. The van der Waals surface area contributed by atoms with Crippen LogP contribution in [0, 0.1) is 18.3 Å². The monoisotopic (exact) mass is 344 g/mol. The molecular formula is C21H32N2O2. The molecule has 1 fully saturated rings. The molecule has 0 amide bonds. The van der Waals surface area contributed by atoms with E-state index in [-0.39, 0.29) is 6.61 Å². The highest BCUT2D eigenvalue weighted by atomic mass is 16.4. The Balaban J connectivity index is 0.000000212. The quantitative estimate of drug-likeness (QED) is 0.837. The van der Waals surface area contributed by atoms with Gasteiger partial charge in [-0.15, -0.1) is 0 Å². The van der Waals surface area contributed by atoms with E-state index in [0.717, 1.165) is 28.5 Å². The number of benzene rings is 1. The lowest BCUT2D eigenvalue weighted by atomic mass is 9.73. The molecule has 0 aliphatic heterocycles. The van der Waals surface area contributed by atoms with E-state index in [0.29, 0.717) is 17.9 Å². The smallest absolute Gasteiger partial charge is 0.226 e. The molecule has 0 spiro atoms. The highest BCUT2D eigenvalue weighted by molar-refractivity contribution is 5.58. The summed E-state index contributed by atoms with van der Waals surface area (Å²) in [7, 11) is 0. The van der Waals surface area contributed by atoms with Gasteiger partial charge in [-0.3, -0.25) is 0 Å². The number of nitrogens with two attached hydrogens (primary N) is 1. The molecule has 3 rings (SSSR count). The van der Waals surface area contributed by atoms with Gasteiger partial charge in [-0.2, -0.15) is 0 Å². The lowest BCUT2D eigenvalue weighted by Gasteiger charge is -2.33. The molecule has 3 N–H and O–H groups in total. The molecule has 0 radical (unpaired) electrons. The van der Waals surface area contributed by atoms with E-state index in [2.05, 4.69) is 25.8 Å². The number of aryl methyl sites for hydroxylation is 1. The summed E-state index contributed by atoms with van der Waals surface area (Å²) >= 11 is 0. The first-order valence-electron chi connectivity index (χ1n) is 9.22. The van der Waals surface area contributed by atoms with Gasteiger partial charge < -0.3 is 15.3 Å². The third-order valence-corrected chi connectivity index (χ3v) is 4.96. The predicted molar refractivity (Wildman–Crippen MR) is 102 cm³/mol. The lowest BCUT2D eigenvalue weighted by Crippen LogP contribution is -2.20. The van der Waals surface area contributed by atoms with Gasteiger partial charge in [0.05, 0.1) is 12.3 Å². The van der Waals surface area contributed by atoms with Gasteiger partial charge in [-0.25, -0.2) is 4.98 Å². The summed E-state index contributed by atoms with van der Waals surface area (Å²) in [5, 5.41) is 9.22. The van der Waals surface area contributed by atoms with Crippen molar-refractivity contribution in [2.75, 3.05) is 0 Å². The Morgan fingerprint density at radius 3 is 2.56 bits per heavy atom. The van der Waals surface area contributed by atoms with Crippen molar-refractivity contribution in [3.05, 3.63) is 41.3 Å².